The van der Waals surface area contributed by atoms with E-state index in [0.29, 0.717) is 23.6 Å². The summed E-state index contributed by atoms with van der Waals surface area (Å²) in [6.07, 6.45) is 1.58. The van der Waals surface area contributed by atoms with Crippen LogP contribution in [-0.2, 0) is 7.05 Å². The molecule has 0 fully saturated rings. The molecule has 1 amide bonds. The van der Waals surface area contributed by atoms with E-state index >= 15 is 0 Å². The molecule has 0 saturated heterocycles. The van der Waals surface area contributed by atoms with Crippen molar-refractivity contribution in [3.8, 4) is 5.75 Å². The quantitative estimate of drug-likeness (QED) is 0.808. The lowest BCUT2D eigenvalue weighted by Gasteiger charge is -2.19. The Balaban J connectivity index is 2.03. The molecule has 24 heavy (non-hydrogen) atoms. The van der Waals surface area contributed by atoms with Crippen LogP contribution >= 0.6 is 0 Å². The smallest absolute Gasteiger partial charge is 0.259 e. The van der Waals surface area contributed by atoms with Crippen molar-refractivity contribution in [2.45, 2.75) is 20.8 Å². The van der Waals surface area contributed by atoms with Crippen molar-refractivity contribution >= 4 is 11.6 Å². The van der Waals surface area contributed by atoms with E-state index in [1.165, 1.54) is 0 Å². The van der Waals surface area contributed by atoms with Crippen molar-refractivity contribution in [1.82, 2.24) is 14.7 Å². The maximum atomic E-state index is 12.4. The minimum atomic E-state index is -0.180. The highest BCUT2D eigenvalue weighted by Gasteiger charge is 2.15. The van der Waals surface area contributed by atoms with Crippen LogP contribution in [0, 0.1) is 6.92 Å². The number of aryl methyl sites for hydroxylation is 1. The molecule has 0 radical (unpaired) electrons. The van der Waals surface area contributed by atoms with Gasteiger partial charge in [0.1, 0.15) is 12.4 Å². The number of hydrogen-bond acceptors (Lipinski definition) is 4. The first-order valence-electron chi connectivity index (χ1n) is 8.30. The zero-order chi connectivity index (χ0) is 17.5. The van der Waals surface area contributed by atoms with Crippen LogP contribution < -0.4 is 10.1 Å². The monoisotopic (exact) mass is 330 g/mol. The van der Waals surface area contributed by atoms with Crippen molar-refractivity contribution < 1.29 is 9.53 Å². The van der Waals surface area contributed by atoms with Gasteiger partial charge >= 0.3 is 0 Å². The molecule has 6 heteroatoms. The number of carbonyl (C=O) groups excluding carboxylic acids is 1. The lowest BCUT2D eigenvalue weighted by Crippen LogP contribution is -2.28. The fourth-order valence-electron chi connectivity index (χ4n) is 2.43. The summed E-state index contributed by atoms with van der Waals surface area (Å²) in [6, 6.07) is 7.49. The van der Waals surface area contributed by atoms with E-state index in [9.17, 15) is 4.79 Å². The van der Waals surface area contributed by atoms with E-state index in [-0.39, 0.29) is 5.91 Å². The van der Waals surface area contributed by atoms with E-state index < -0.39 is 0 Å². The number of carbonyl (C=O) groups is 1. The lowest BCUT2D eigenvalue weighted by atomic mass is 10.2. The lowest BCUT2D eigenvalue weighted by molar-refractivity contribution is 0.102. The summed E-state index contributed by atoms with van der Waals surface area (Å²) in [5, 5.41) is 7.02. The predicted octanol–water partition coefficient (Wildman–Crippen LogP) is 2.70. The van der Waals surface area contributed by atoms with Gasteiger partial charge in [-0.05, 0) is 32.1 Å². The second kappa shape index (κ2) is 8.49. The molecule has 6 nitrogen and oxygen atoms in total. The Hall–Kier alpha value is -2.34. The zero-order valence-corrected chi connectivity index (χ0v) is 14.9. The highest BCUT2D eigenvalue weighted by atomic mass is 16.5. The number of anilines is 1. The molecule has 0 spiro atoms. The minimum Gasteiger partial charge on any atom is -0.490 e. The molecule has 130 valence electrons. The van der Waals surface area contributed by atoms with Crippen molar-refractivity contribution in [3.05, 3.63) is 41.7 Å². The molecule has 0 saturated carbocycles. The SMILES string of the molecule is CCN(CC)CCOc1ccccc1NC(=O)c1cnn(C)c1C. The van der Waals surface area contributed by atoms with Gasteiger partial charge in [0.05, 0.1) is 17.4 Å². The van der Waals surface area contributed by atoms with E-state index in [1.54, 1.807) is 10.9 Å². The summed E-state index contributed by atoms with van der Waals surface area (Å²) in [5.41, 5.74) is 2.06. The number of para-hydroxylation sites is 2. The number of aromatic nitrogens is 2. The van der Waals surface area contributed by atoms with E-state index in [4.69, 9.17) is 4.74 Å². The maximum absolute atomic E-state index is 12.4. The number of rotatable bonds is 8. The van der Waals surface area contributed by atoms with Gasteiger partial charge in [-0.3, -0.25) is 9.48 Å². The molecule has 0 bridgehead atoms. The molecule has 0 aliphatic rings. The maximum Gasteiger partial charge on any atom is 0.259 e. The predicted molar refractivity (Wildman–Crippen MR) is 95.6 cm³/mol. The molecule has 2 rings (SSSR count). The number of likely N-dealkylation sites (N-methyl/N-ethyl adjacent to an activating group) is 1. The van der Waals surface area contributed by atoms with Crippen LogP contribution in [-0.4, -0.2) is 46.8 Å². The van der Waals surface area contributed by atoms with Crippen molar-refractivity contribution in [2.75, 3.05) is 31.6 Å². The van der Waals surface area contributed by atoms with Gasteiger partial charge in [-0.15, -0.1) is 0 Å². The first kappa shape index (κ1) is 18.0. The second-order valence-electron chi connectivity index (χ2n) is 5.59. The first-order valence-corrected chi connectivity index (χ1v) is 8.30. The summed E-state index contributed by atoms with van der Waals surface area (Å²) in [7, 11) is 1.82. The molecule has 1 heterocycles. The van der Waals surface area contributed by atoms with Crippen LogP contribution in [0.2, 0.25) is 0 Å². The van der Waals surface area contributed by atoms with E-state index in [1.807, 2.05) is 38.2 Å². The Morgan fingerprint density at radius 1 is 1.29 bits per heavy atom. The third-order valence-electron chi connectivity index (χ3n) is 4.17. The Labute approximate surface area is 143 Å². The molecular formula is C18H26N4O2. The summed E-state index contributed by atoms with van der Waals surface area (Å²) >= 11 is 0. The molecule has 1 aromatic heterocycles. The van der Waals surface area contributed by atoms with Crippen molar-refractivity contribution in [2.24, 2.45) is 7.05 Å². The average Bonchev–Trinajstić information content (AvgIpc) is 2.92. The summed E-state index contributed by atoms with van der Waals surface area (Å²) in [6.45, 7) is 9.57. The van der Waals surface area contributed by atoms with Crippen LogP contribution in [0.4, 0.5) is 5.69 Å². The highest BCUT2D eigenvalue weighted by Crippen LogP contribution is 2.24. The van der Waals surface area contributed by atoms with Gasteiger partial charge in [0, 0.05) is 19.3 Å². The van der Waals surface area contributed by atoms with Crippen molar-refractivity contribution in [1.29, 1.82) is 0 Å². The standard InChI is InChI=1S/C18H26N4O2/c1-5-22(6-2)11-12-24-17-10-8-7-9-16(17)20-18(23)15-13-19-21(4)14(15)3/h7-10,13H,5-6,11-12H2,1-4H3,(H,20,23). The molecule has 0 unspecified atom stereocenters. The van der Waals surface area contributed by atoms with Gasteiger partial charge in [-0.25, -0.2) is 0 Å². The van der Waals surface area contributed by atoms with Crippen LogP contribution in [0.5, 0.6) is 5.75 Å². The Kier molecular flexibility index (Phi) is 6.37. The Bertz CT molecular complexity index is 677. The number of hydrogen-bond donors (Lipinski definition) is 1. The van der Waals surface area contributed by atoms with Crippen LogP contribution in [0.25, 0.3) is 0 Å². The largest absolute Gasteiger partial charge is 0.490 e. The Morgan fingerprint density at radius 3 is 2.62 bits per heavy atom. The highest BCUT2D eigenvalue weighted by molar-refractivity contribution is 6.05. The fourth-order valence-corrected chi connectivity index (χ4v) is 2.43. The van der Waals surface area contributed by atoms with E-state index in [0.717, 1.165) is 25.3 Å². The number of amides is 1. The molecule has 0 atom stereocenters. The first-order chi connectivity index (χ1) is 11.6. The number of ether oxygens (including phenoxy) is 1. The van der Waals surface area contributed by atoms with Gasteiger partial charge in [-0.2, -0.15) is 5.10 Å². The van der Waals surface area contributed by atoms with Gasteiger partial charge < -0.3 is 15.0 Å². The zero-order valence-electron chi connectivity index (χ0n) is 14.9. The Morgan fingerprint density at radius 2 is 2.00 bits per heavy atom. The number of nitrogens with one attached hydrogen (secondary N) is 1. The molecule has 1 N–H and O–H groups in total. The number of nitrogens with zero attached hydrogens (tertiary/aromatic N) is 3. The normalized spacial score (nSPS) is 10.9. The van der Waals surface area contributed by atoms with Crippen LogP contribution in [0.15, 0.2) is 30.5 Å². The summed E-state index contributed by atoms with van der Waals surface area (Å²) in [4.78, 5) is 14.7. The van der Waals surface area contributed by atoms with Gasteiger partial charge in [0.25, 0.3) is 5.91 Å². The van der Waals surface area contributed by atoms with Gasteiger partial charge in [0.2, 0.25) is 0 Å². The van der Waals surface area contributed by atoms with Crippen LogP contribution in [0.3, 0.4) is 0 Å². The number of benzene rings is 1. The van der Waals surface area contributed by atoms with Crippen molar-refractivity contribution in [3.63, 3.8) is 0 Å². The third kappa shape index (κ3) is 4.35. The van der Waals surface area contributed by atoms with Gasteiger partial charge in [-0.1, -0.05) is 26.0 Å². The second-order valence-corrected chi connectivity index (χ2v) is 5.59. The molecule has 2 aromatic rings. The summed E-state index contributed by atoms with van der Waals surface area (Å²) in [5.74, 6) is 0.500. The van der Waals surface area contributed by atoms with Gasteiger partial charge in [0.15, 0.2) is 0 Å². The molecule has 0 aliphatic heterocycles. The average molecular weight is 330 g/mol. The molecule has 0 aliphatic carbocycles. The van der Waals surface area contributed by atoms with E-state index in [2.05, 4.69) is 29.2 Å². The molecular weight excluding hydrogens is 304 g/mol. The molecule has 1 aromatic carbocycles. The topological polar surface area (TPSA) is 59.4 Å². The minimum absolute atomic E-state index is 0.180. The summed E-state index contributed by atoms with van der Waals surface area (Å²) < 4.78 is 7.55. The fraction of sp³-hybridized carbons (Fsp3) is 0.444. The third-order valence-corrected chi connectivity index (χ3v) is 4.17. The van der Waals surface area contributed by atoms with Crippen LogP contribution in [0.1, 0.15) is 29.9 Å².